The zero-order valence-electron chi connectivity index (χ0n) is 14.7. The van der Waals surface area contributed by atoms with Crippen molar-refractivity contribution in [3.63, 3.8) is 0 Å². The maximum absolute atomic E-state index is 12.0. The summed E-state index contributed by atoms with van der Waals surface area (Å²) in [6, 6.07) is 11.3. The molecule has 3 aromatic rings. The molecule has 0 fully saturated rings. The number of benzene rings is 2. The predicted octanol–water partition coefficient (Wildman–Crippen LogP) is 4.95. The SMILES string of the molecule is Cc1ccc(C)c(OCC(=O)N=Nc2c(O)n(C)c3ccc(Br)cc23)c1. The molecule has 1 amide bonds. The first-order valence-corrected chi connectivity index (χ1v) is 8.77. The number of azo groups is 1. The number of rotatable bonds is 4. The van der Waals surface area contributed by atoms with Gasteiger partial charge in [0.15, 0.2) is 12.3 Å². The normalized spacial score (nSPS) is 11.4. The van der Waals surface area contributed by atoms with Gasteiger partial charge >= 0.3 is 5.91 Å². The van der Waals surface area contributed by atoms with Gasteiger partial charge in [-0.15, -0.1) is 10.2 Å². The second kappa shape index (κ2) is 7.29. The number of amides is 1. The zero-order valence-corrected chi connectivity index (χ0v) is 16.2. The van der Waals surface area contributed by atoms with Gasteiger partial charge in [0, 0.05) is 16.9 Å². The molecule has 0 aliphatic heterocycles. The highest BCUT2D eigenvalue weighted by Gasteiger charge is 2.15. The van der Waals surface area contributed by atoms with E-state index in [1.807, 2.05) is 50.2 Å². The van der Waals surface area contributed by atoms with Crippen molar-refractivity contribution < 1.29 is 14.6 Å². The zero-order chi connectivity index (χ0) is 18.8. The van der Waals surface area contributed by atoms with E-state index < -0.39 is 5.91 Å². The molecule has 0 atom stereocenters. The molecule has 0 spiro atoms. The molecule has 0 unspecified atom stereocenters. The fourth-order valence-corrected chi connectivity index (χ4v) is 2.98. The fourth-order valence-electron chi connectivity index (χ4n) is 2.62. The van der Waals surface area contributed by atoms with Gasteiger partial charge in [-0.2, -0.15) is 0 Å². The van der Waals surface area contributed by atoms with Gasteiger partial charge in [-0.25, -0.2) is 0 Å². The number of carbonyl (C=O) groups is 1. The van der Waals surface area contributed by atoms with Crippen LogP contribution in [0.3, 0.4) is 0 Å². The number of carbonyl (C=O) groups excluding carboxylic acids is 1. The lowest BCUT2D eigenvalue weighted by molar-refractivity contribution is -0.120. The Labute approximate surface area is 159 Å². The summed E-state index contributed by atoms with van der Waals surface area (Å²) < 4.78 is 7.97. The minimum absolute atomic E-state index is 0.0508. The average molecular weight is 416 g/mol. The van der Waals surface area contributed by atoms with E-state index in [9.17, 15) is 9.90 Å². The lowest BCUT2D eigenvalue weighted by Crippen LogP contribution is -2.08. The third kappa shape index (κ3) is 3.62. The Morgan fingerprint density at radius 2 is 2.00 bits per heavy atom. The molecule has 134 valence electrons. The van der Waals surface area contributed by atoms with E-state index in [1.54, 1.807) is 11.6 Å². The minimum atomic E-state index is -0.530. The molecule has 2 aromatic carbocycles. The molecule has 0 aliphatic rings. The third-order valence-corrected chi connectivity index (χ3v) is 4.55. The Kier molecular flexibility index (Phi) is 5.08. The predicted molar refractivity (Wildman–Crippen MR) is 103 cm³/mol. The number of nitrogens with zero attached hydrogens (tertiary/aromatic N) is 3. The molecule has 1 heterocycles. The van der Waals surface area contributed by atoms with E-state index in [0.29, 0.717) is 11.1 Å². The first kappa shape index (κ1) is 18.1. The van der Waals surface area contributed by atoms with Gasteiger partial charge in [0.1, 0.15) is 5.75 Å². The minimum Gasteiger partial charge on any atom is -0.493 e. The molecule has 1 aromatic heterocycles. The lowest BCUT2D eigenvalue weighted by atomic mass is 10.1. The lowest BCUT2D eigenvalue weighted by Gasteiger charge is -2.07. The number of fused-ring (bicyclic) bond motifs is 1. The van der Waals surface area contributed by atoms with Crippen molar-refractivity contribution in [2.45, 2.75) is 13.8 Å². The molecule has 0 saturated heterocycles. The molecule has 0 saturated carbocycles. The molecule has 26 heavy (non-hydrogen) atoms. The van der Waals surface area contributed by atoms with Crippen molar-refractivity contribution in [3.8, 4) is 11.6 Å². The van der Waals surface area contributed by atoms with Crippen LogP contribution < -0.4 is 4.74 Å². The smallest absolute Gasteiger partial charge is 0.302 e. The molecule has 7 heteroatoms. The van der Waals surface area contributed by atoms with E-state index >= 15 is 0 Å². The molecule has 1 N–H and O–H groups in total. The monoisotopic (exact) mass is 415 g/mol. The fraction of sp³-hybridized carbons (Fsp3) is 0.211. The second-order valence-corrected chi connectivity index (χ2v) is 6.96. The van der Waals surface area contributed by atoms with Crippen LogP contribution in [0.5, 0.6) is 11.6 Å². The Hall–Kier alpha value is -2.67. The Bertz CT molecular complexity index is 1020. The Morgan fingerprint density at radius 3 is 2.77 bits per heavy atom. The van der Waals surface area contributed by atoms with Gasteiger partial charge in [0.2, 0.25) is 5.88 Å². The maximum atomic E-state index is 12.0. The number of aromatic hydroxyl groups is 1. The van der Waals surface area contributed by atoms with Crippen LogP contribution in [0.15, 0.2) is 51.1 Å². The van der Waals surface area contributed by atoms with Crippen molar-refractivity contribution in [1.82, 2.24) is 4.57 Å². The number of halogens is 1. The molecule has 3 rings (SSSR count). The van der Waals surface area contributed by atoms with Crippen molar-refractivity contribution >= 4 is 38.4 Å². The first-order valence-electron chi connectivity index (χ1n) is 7.98. The Balaban J connectivity index is 1.78. The van der Waals surface area contributed by atoms with E-state index in [-0.39, 0.29) is 18.2 Å². The highest BCUT2D eigenvalue weighted by molar-refractivity contribution is 9.10. The van der Waals surface area contributed by atoms with Gasteiger partial charge < -0.3 is 14.4 Å². The number of ether oxygens (including phenoxy) is 1. The van der Waals surface area contributed by atoms with Gasteiger partial charge in [0.05, 0.1) is 5.52 Å². The van der Waals surface area contributed by atoms with E-state index in [2.05, 4.69) is 26.2 Å². The highest BCUT2D eigenvalue weighted by Crippen LogP contribution is 2.39. The van der Waals surface area contributed by atoms with E-state index in [1.165, 1.54) is 0 Å². The summed E-state index contributed by atoms with van der Waals surface area (Å²) in [5.41, 5.74) is 3.03. The van der Waals surface area contributed by atoms with Crippen LogP contribution in [0.4, 0.5) is 5.69 Å². The summed E-state index contributed by atoms with van der Waals surface area (Å²) in [5.74, 6) is 0.0629. The third-order valence-electron chi connectivity index (χ3n) is 4.06. The summed E-state index contributed by atoms with van der Waals surface area (Å²) in [5, 5.41) is 18.6. The van der Waals surface area contributed by atoms with Crippen molar-refractivity contribution in [2.24, 2.45) is 17.3 Å². The molecule has 0 aliphatic carbocycles. The van der Waals surface area contributed by atoms with Gasteiger partial charge in [-0.05, 0) is 49.2 Å². The molecule has 6 nitrogen and oxygen atoms in total. The van der Waals surface area contributed by atoms with Crippen molar-refractivity contribution in [1.29, 1.82) is 0 Å². The van der Waals surface area contributed by atoms with E-state index in [4.69, 9.17) is 4.74 Å². The summed E-state index contributed by atoms with van der Waals surface area (Å²) in [6.45, 7) is 3.64. The quantitative estimate of drug-likeness (QED) is 0.612. The van der Waals surface area contributed by atoms with Crippen LogP contribution in [0.25, 0.3) is 10.9 Å². The summed E-state index contributed by atoms with van der Waals surface area (Å²) in [4.78, 5) is 12.0. The van der Waals surface area contributed by atoms with Crippen molar-refractivity contribution in [3.05, 3.63) is 52.0 Å². The molecular formula is C19H18BrN3O3. The largest absolute Gasteiger partial charge is 0.493 e. The van der Waals surface area contributed by atoms with Crippen LogP contribution in [0, 0.1) is 13.8 Å². The number of aromatic nitrogens is 1. The molecule has 0 bridgehead atoms. The van der Waals surface area contributed by atoms with Crippen LogP contribution in [-0.2, 0) is 11.8 Å². The summed E-state index contributed by atoms with van der Waals surface area (Å²) >= 11 is 3.39. The van der Waals surface area contributed by atoms with Crippen molar-refractivity contribution in [2.75, 3.05) is 6.61 Å². The van der Waals surface area contributed by atoms with Crippen LogP contribution in [-0.4, -0.2) is 22.2 Å². The number of hydrogen-bond donors (Lipinski definition) is 1. The maximum Gasteiger partial charge on any atom is 0.302 e. The second-order valence-electron chi connectivity index (χ2n) is 6.04. The first-order chi connectivity index (χ1) is 12.4. The van der Waals surface area contributed by atoms with Gasteiger partial charge in [-0.1, -0.05) is 28.1 Å². The summed E-state index contributed by atoms with van der Waals surface area (Å²) in [6.07, 6.45) is 0. The topological polar surface area (TPSA) is 76.2 Å². The summed E-state index contributed by atoms with van der Waals surface area (Å²) in [7, 11) is 1.72. The number of aryl methyl sites for hydroxylation is 3. The molecule has 0 radical (unpaired) electrons. The Morgan fingerprint density at radius 1 is 1.23 bits per heavy atom. The average Bonchev–Trinajstić information content (AvgIpc) is 2.84. The standard InChI is InChI=1S/C19H18BrN3O3/c1-11-4-5-12(2)16(8-11)26-10-17(24)21-22-18-14-9-13(20)6-7-15(14)23(3)19(18)25/h4-9,25H,10H2,1-3H3. The van der Waals surface area contributed by atoms with Crippen LogP contribution in [0.2, 0.25) is 0 Å². The highest BCUT2D eigenvalue weighted by atomic mass is 79.9. The number of hydrogen-bond acceptors (Lipinski definition) is 4. The van der Waals surface area contributed by atoms with Gasteiger partial charge in [0.25, 0.3) is 0 Å². The van der Waals surface area contributed by atoms with E-state index in [0.717, 1.165) is 21.1 Å². The molecular weight excluding hydrogens is 398 g/mol. The van der Waals surface area contributed by atoms with Gasteiger partial charge in [-0.3, -0.25) is 4.79 Å². The van der Waals surface area contributed by atoms with Crippen LogP contribution in [0.1, 0.15) is 11.1 Å². The van der Waals surface area contributed by atoms with Crippen LogP contribution >= 0.6 is 15.9 Å².